The van der Waals surface area contributed by atoms with Gasteiger partial charge in [-0.05, 0) is 73.5 Å². The fourth-order valence-corrected chi connectivity index (χ4v) is 5.95. The number of hydrogen-bond acceptors (Lipinski definition) is 6. The van der Waals surface area contributed by atoms with Crippen LogP contribution in [0.4, 0.5) is 10.2 Å². The number of aromatic nitrogens is 2. The molecule has 5 rings (SSSR count). The number of amides is 1. The number of sulfonamides is 1. The molecule has 2 aromatic carbocycles. The summed E-state index contributed by atoms with van der Waals surface area (Å²) in [7, 11) is -3.49. The molecule has 0 bridgehead atoms. The minimum Gasteiger partial charge on any atom is -0.352 e. The zero-order valence-corrected chi connectivity index (χ0v) is 20.0. The summed E-state index contributed by atoms with van der Waals surface area (Å²) in [5.74, 6) is 0.306. The molecule has 0 aliphatic carbocycles. The Morgan fingerprint density at radius 3 is 2.03 bits per heavy atom. The maximum Gasteiger partial charge on any atom is 0.253 e. The quantitative estimate of drug-likeness (QED) is 0.541. The van der Waals surface area contributed by atoms with E-state index in [2.05, 4.69) is 15.1 Å². The second-order valence-corrected chi connectivity index (χ2v) is 10.6. The fraction of sp³-hybridized carbons (Fsp3) is 0.320. The van der Waals surface area contributed by atoms with Gasteiger partial charge in [-0.1, -0.05) is 0 Å². The van der Waals surface area contributed by atoms with Crippen LogP contribution in [-0.4, -0.2) is 73.0 Å². The third kappa shape index (κ3) is 4.89. The number of hydrogen-bond donors (Lipinski definition) is 0. The number of benzene rings is 2. The fourth-order valence-electron chi connectivity index (χ4n) is 4.44. The highest BCUT2D eigenvalue weighted by molar-refractivity contribution is 7.89. The van der Waals surface area contributed by atoms with Crippen LogP contribution < -0.4 is 4.90 Å². The first-order valence-corrected chi connectivity index (χ1v) is 13.1. The molecule has 2 aliphatic heterocycles. The average molecular weight is 496 g/mol. The Bertz CT molecular complexity index is 1280. The monoisotopic (exact) mass is 495 g/mol. The number of carbonyl (C=O) groups excluding carboxylic acids is 1. The minimum absolute atomic E-state index is 0.118. The smallest absolute Gasteiger partial charge is 0.253 e. The molecule has 0 saturated carbocycles. The molecule has 2 aliphatic rings. The van der Waals surface area contributed by atoms with Crippen LogP contribution in [0, 0.1) is 5.82 Å². The van der Waals surface area contributed by atoms with Crippen molar-refractivity contribution in [1.82, 2.24) is 19.4 Å². The van der Waals surface area contributed by atoms with Gasteiger partial charge in [-0.2, -0.15) is 4.31 Å². The van der Waals surface area contributed by atoms with Crippen molar-refractivity contribution in [3.05, 3.63) is 72.0 Å². The van der Waals surface area contributed by atoms with Crippen LogP contribution >= 0.6 is 0 Å². The van der Waals surface area contributed by atoms with Crippen LogP contribution in [-0.2, 0) is 10.0 Å². The van der Waals surface area contributed by atoms with Crippen molar-refractivity contribution in [2.75, 3.05) is 44.2 Å². The van der Waals surface area contributed by atoms with Gasteiger partial charge in [-0.15, -0.1) is 10.2 Å². The number of anilines is 1. The average Bonchev–Trinajstić information content (AvgIpc) is 3.45. The van der Waals surface area contributed by atoms with E-state index in [1.807, 2.05) is 12.1 Å². The molecule has 0 atom stereocenters. The van der Waals surface area contributed by atoms with E-state index in [4.69, 9.17) is 0 Å². The van der Waals surface area contributed by atoms with Crippen LogP contribution in [0.3, 0.4) is 0 Å². The lowest BCUT2D eigenvalue weighted by Gasteiger charge is -2.35. The molecule has 35 heavy (non-hydrogen) atoms. The van der Waals surface area contributed by atoms with Crippen LogP contribution in [0.1, 0.15) is 23.2 Å². The third-order valence-corrected chi connectivity index (χ3v) is 8.40. The number of piperazine rings is 1. The SMILES string of the molecule is O=C(c1ccc(S(=O)(=O)N2CCCC2)cc1)N1CCN(c2ccc(-c3ccc(F)cc3)nn2)CC1. The molecule has 0 unspecified atom stereocenters. The normalized spacial score (nSPS) is 17.1. The summed E-state index contributed by atoms with van der Waals surface area (Å²) in [6.07, 6.45) is 1.76. The van der Waals surface area contributed by atoms with E-state index in [9.17, 15) is 17.6 Å². The Morgan fingerprint density at radius 2 is 1.43 bits per heavy atom. The topological polar surface area (TPSA) is 86.7 Å². The second kappa shape index (κ2) is 9.71. The minimum atomic E-state index is -3.49. The number of rotatable bonds is 5. The van der Waals surface area contributed by atoms with Crippen molar-refractivity contribution in [3.8, 4) is 11.3 Å². The molecule has 1 aromatic heterocycles. The summed E-state index contributed by atoms with van der Waals surface area (Å²) in [6, 6.07) is 16.1. The Hall–Kier alpha value is -3.37. The number of carbonyl (C=O) groups is 1. The lowest BCUT2D eigenvalue weighted by molar-refractivity contribution is 0.0746. The molecular weight excluding hydrogens is 469 g/mol. The highest BCUT2D eigenvalue weighted by Crippen LogP contribution is 2.23. The zero-order chi connectivity index (χ0) is 24.4. The Labute approximate surface area is 204 Å². The standard InChI is InChI=1S/C25H26FN5O3S/c26-21-7-3-19(4-8-21)23-11-12-24(28-27-23)29-15-17-30(18-16-29)25(32)20-5-9-22(10-6-20)35(33,34)31-13-1-2-14-31/h3-12H,1-2,13-18H2. The van der Waals surface area contributed by atoms with E-state index in [1.54, 1.807) is 29.2 Å². The molecule has 0 N–H and O–H groups in total. The predicted molar refractivity (Wildman–Crippen MR) is 130 cm³/mol. The molecule has 1 amide bonds. The molecule has 0 spiro atoms. The molecule has 3 aromatic rings. The Morgan fingerprint density at radius 1 is 0.771 bits per heavy atom. The Balaban J connectivity index is 1.19. The van der Waals surface area contributed by atoms with Crippen LogP contribution in [0.25, 0.3) is 11.3 Å². The summed E-state index contributed by atoms with van der Waals surface area (Å²) in [6.45, 7) is 3.36. The first-order valence-electron chi connectivity index (χ1n) is 11.7. The van der Waals surface area contributed by atoms with Crippen molar-refractivity contribution in [2.45, 2.75) is 17.7 Å². The van der Waals surface area contributed by atoms with Crippen LogP contribution in [0.5, 0.6) is 0 Å². The third-order valence-electron chi connectivity index (χ3n) is 6.49. The van der Waals surface area contributed by atoms with Crippen molar-refractivity contribution in [1.29, 1.82) is 0 Å². The maximum atomic E-state index is 13.1. The van der Waals surface area contributed by atoms with Gasteiger partial charge in [0.15, 0.2) is 5.82 Å². The van der Waals surface area contributed by atoms with E-state index in [1.165, 1.54) is 28.6 Å². The molecule has 2 saturated heterocycles. The molecule has 2 fully saturated rings. The van der Waals surface area contributed by atoms with E-state index in [-0.39, 0.29) is 16.6 Å². The van der Waals surface area contributed by atoms with Gasteiger partial charge in [-0.3, -0.25) is 4.79 Å². The molecule has 8 nitrogen and oxygen atoms in total. The van der Waals surface area contributed by atoms with Gasteiger partial charge >= 0.3 is 0 Å². The zero-order valence-electron chi connectivity index (χ0n) is 19.2. The molecule has 0 radical (unpaired) electrons. The highest BCUT2D eigenvalue weighted by Gasteiger charge is 2.28. The van der Waals surface area contributed by atoms with Crippen molar-refractivity contribution in [3.63, 3.8) is 0 Å². The largest absolute Gasteiger partial charge is 0.352 e. The van der Waals surface area contributed by atoms with Gasteiger partial charge in [0.1, 0.15) is 5.82 Å². The van der Waals surface area contributed by atoms with Gasteiger partial charge in [0.2, 0.25) is 10.0 Å². The van der Waals surface area contributed by atoms with Gasteiger partial charge in [0.05, 0.1) is 10.6 Å². The van der Waals surface area contributed by atoms with Gasteiger partial charge in [0.25, 0.3) is 5.91 Å². The number of nitrogens with zero attached hydrogens (tertiary/aromatic N) is 5. The first-order chi connectivity index (χ1) is 16.9. The molecule has 182 valence electrons. The summed E-state index contributed by atoms with van der Waals surface area (Å²) < 4.78 is 40.0. The van der Waals surface area contributed by atoms with Crippen LogP contribution in [0.15, 0.2) is 65.6 Å². The van der Waals surface area contributed by atoms with E-state index < -0.39 is 10.0 Å². The molecular formula is C25H26FN5O3S. The Kier molecular flexibility index (Phi) is 6.48. The summed E-state index contributed by atoms with van der Waals surface area (Å²) in [4.78, 5) is 17.0. The molecule has 10 heteroatoms. The van der Waals surface area contributed by atoms with Gasteiger partial charge in [0, 0.05) is 50.4 Å². The first kappa shape index (κ1) is 23.4. The molecule has 3 heterocycles. The van der Waals surface area contributed by atoms with E-state index in [0.717, 1.165) is 24.2 Å². The van der Waals surface area contributed by atoms with E-state index >= 15 is 0 Å². The number of halogens is 1. The predicted octanol–water partition coefficient (Wildman–Crippen LogP) is 3.03. The lowest BCUT2D eigenvalue weighted by Crippen LogP contribution is -2.49. The van der Waals surface area contributed by atoms with Crippen molar-refractivity contribution in [2.24, 2.45) is 0 Å². The van der Waals surface area contributed by atoms with Crippen molar-refractivity contribution >= 4 is 21.7 Å². The summed E-state index contributed by atoms with van der Waals surface area (Å²) in [5.41, 5.74) is 1.93. The second-order valence-electron chi connectivity index (χ2n) is 8.70. The van der Waals surface area contributed by atoms with Gasteiger partial charge < -0.3 is 9.80 Å². The maximum absolute atomic E-state index is 13.1. The lowest BCUT2D eigenvalue weighted by atomic mass is 10.1. The van der Waals surface area contributed by atoms with E-state index in [0.29, 0.717) is 50.5 Å². The van der Waals surface area contributed by atoms with Crippen molar-refractivity contribution < 1.29 is 17.6 Å². The van der Waals surface area contributed by atoms with Crippen LogP contribution in [0.2, 0.25) is 0 Å². The summed E-state index contributed by atoms with van der Waals surface area (Å²) >= 11 is 0. The van der Waals surface area contributed by atoms with Gasteiger partial charge in [-0.25, -0.2) is 12.8 Å². The highest BCUT2D eigenvalue weighted by atomic mass is 32.2. The summed E-state index contributed by atoms with van der Waals surface area (Å²) in [5, 5.41) is 8.58.